The molecule has 0 bridgehead atoms. The SMILES string of the molecule is CC(c1nc(-c2cc(F)c(F)c(F)c2)no1)N(C)CC(F)(F)F. The second-order valence-electron chi connectivity index (χ2n) is 4.92. The molecule has 1 atom stereocenters. The van der Waals surface area contributed by atoms with E-state index >= 15 is 0 Å². The van der Waals surface area contributed by atoms with Gasteiger partial charge in [0.25, 0.3) is 0 Å². The van der Waals surface area contributed by atoms with Crippen LogP contribution in [0, 0.1) is 17.5 Å². The van der Waals surface area contributed by atoms with Crippen LogP contribution >= 0.6 is 0 Å². The van der Waals surface area contributed by atoms with E-state index in [1.165, 1.54) is 14.0 Å². The normalized spacial score (nSPS) is 13.6. The quantitative estimate of drug-likeness (QED) is 0.629. The van der Waals surface area contributed by atoms with Gasteiger partial charge in [-0.15, -0.1) is 0 Å². The Morgan fingerprint density at radius 3 is 2.26 bits per heavy atom. The predicted octanol–water partition coefficient (Wildman–Crippen LogP) is 3.71. The minimum absolute atomic E-state index is 0.170. The Labute approximate surface area is 126 Å². The summed E-state index contributed by atoms with van der Waals surface area (Å²) in [7, 11) is 1.21. The second kappa shape index (κ2) is 6.19. The van der Waals surface area contributed by atoms with Gasteiger partial charge in [0.15, 0.2) is 17.5 Å². The van der Waals surface area contributed by atoms with Crippen molar-refractivity contribution in [2.45, 2.75) is 19.1 Å². The highest BCUT2D eigenvalue weighted by atomic mass is 19.4. The topological polar surface area (TPSA) is 42.2 Å². The van der Waals surface area contributed by atoms with Gasteiger partial charge < -0.3 is 4.52 Å². The van der Waals surface area contributed by atoms with Crippen LogP contribution < -0.4 is 0 Å². The van der Waals surface area contributed by atoms with E-state index in [9.17, 15) is 26.3 Å². The van der Waals surface area contributed by atoms with Crippen molar-refractivity contribution in [3.8, 4) is 11.4 Å². The molecule has 1 unspecified atom stereocenters. The van der Waals surface area contributed by atoms with E-state index in [0.29, 0.717) is 12.1 Å². The van der Waals surface area contributed by atoms with E-state index in [1.54, 1.807) is 0 Å². The standard InChI is InChI=1S/C13H11F6N3O/c1-6(22(2)5-13(17,18)19)12-20-11(21-23-12)7-3-8(14)10(16)9(15)4-7/h3-4,6H,5H2,1-2H3. The van der Waals surface area contributed by atoms with Crippen LogP contribution in [0.4, 0.5) is 26.3 Å². The highest BCUT2D eigenvalue weighted by Gasteiger charge is 2.32. The molecule has 126 valence electrons. The van der Waals surface area contributed by atoms with E-state index in [0.717, 1.165) is 4.90 Å². The first-order chi connectivity index (χ1) is 10.6. The lowest BCUT2D eigenvalue weighted by atomic mass is 10.2. The summed E-state index contributed by atoms with van der Waals surface area (Å²) >= 11 is 0. The van der Waals surface area contributed by atoms with E-state index in [-0.39, 0.29) is 17.3 Å². The van der Waals surface area contributed by atoms with Crippen molar-refractivity contribution >= 4 is 0 Å². The highest BCUT2D eigenvalue weighted by molar-refractivity contribution is 5.54. The fourth-order valence-corrected chi connectivity index (χ4v) is 1.82. The van der Waals surface area contributed by atoms with Crippen LogP contribution in [0.2, 0.25) is 0 Å². The Kier molecular flexibility index (Phi) is 4.64. The molecule has 0 amide bonds. The molecule has 1 heterocycles. The van der Waals surface area contributed by atoms with Gasteiger partial charge in [-0.25, -0.2) is 13.2 Å². The number of nitrogens with zero attached hydrogens (tertiary/aromatic N) is 3. The molecule has 1 aromatic carbocycles. The molecule has 2 rings (SSSR count). The molecule has 10 heteroatoms. The van der Waals surface area contributed by atoms with Gasteiger partial charge >= 0.3 is 6.18 Å². The van der Waals surface area contributed by atoms with Gasteiger partial charge in [0, 0.05) is 5.56 Å². The molecule has 0 fully saturated rings. The first-order valence-electron chi connectivity index (χ1n) is 6.34. The van der Waals surface area contributed by atoms with Crippen molar-refractivity contribution in [2.24, 2.45) is 0 Å². The van der Waals surface area contributed by atoms with Crippen molar-refractivity contribution < 1.29 is 30.9 Å². The highest BCUT2D eigenvalue weighted by Crippen LogP contribution is 2.26. The summed E-state index contributed by atoms with van der Waals surface area (Å²) < 4.78 is 81.1. The van der Waals surface area contributed by atoms with Gasteiger partial charge in [0.1, 0.15) is 0 Å². The zero-order valence-corrected chi connectivity index (χ0v) is 12.0. The Morgan fingerprint density at radius 1 is 1.17 bits per heavy atom. The molecule has 0 aliphatic rings. The van der Waals surface area contributed by atoms with Gasteiger partial charge in [-0.05, 0) is 26.1 Å². The van der Waals surface area contributed by atoms with Crippen LogP contribution in [0.25, 0.3) is 11.4 Å². The molecule has 4 nitrogen and oxygen atoms in total. The molecular formula is C13H11F6N3O. The zero-order chi connectivity index (χ0) is 17.4. The van der Waals surface area contributed by atoms with Crippen LogP contribution in [0.15, 0.2) is 16.7 Å². The minimum atomic E-state index is -4.41. The molecule has 0 spiro atoms. The fraction of sp³-hybridized carbons (Fsp3) is 0.385. The number of rotatable bonds is 4. The van der Waals surface area contributed by atoms with Gasteiger partial charge in [-0.2, -0.15) is 18.2 Å². The van der Waals surface area contributed by atoms with E-state index in [1.807, 2.05) is 0 Å². The zero-order valence-electron chi connectivity index (χ0n) is 12.0. The number of halogens is 6. The summed E-state index contributed by atoms with van der Waals surface area (Å²) in [5.74, 6) is -4.94. The number of hydrogen-bond acceptors (Lipinski definition) is 4. The Balaban J connectivity index is 2.24. The van der Waals surface area contributed by atoms with Crippen molar-refractivity contribution in [3.05, 3.63) is 35.5 Å². The van der Waals surface area contributed by atoms with Gasteiger partial charge in [0.05, 0.1) is 12.6 Å². The molecule has 2 aromatic rings. The van der Waals surface area contributed by atoms with Crippen LogP contribution in [0.1, 0.15) is 18.9 Å². The maximum atomic E-state index is 13.2. The van der Waals surface area contributed by atoms with E-state index in [2.05, 4.69) is 10.1 Å². The third-order valence-corrected chi connectivity index (χ3v) is 3.13. The molecule has 0 aliphatic carbocycles. The first-order valence-corrected chi connectivity index (χ1v) is 6.34. The Hall–Kier alpha value is -2.10. The summed E-state index contributed by atoms with van der Waals surface area (Å²) in [5.41, 5.74) is -0.193. The van der Waals surface area contributed by atoms with Gasteiger partial charge in [0.2, 0.25) is 11.7 Å². The largest absolute Gasteiger partial charge is 0.401 e. The molecule has 23 heavy (non-hydrogen) atoms. The first kappa shape index (κ1) is 17.3. The van der Waals surface area contributed by atoms with Crippen molar-refractivity contribution in [1.29, 1.82) is 0 Å². The van der Waals surface area contributed by atoms with Crippen LogP contribution in [0.3, 0.4) is 0 Å². The van der Waals surface area contributed by atoms with Crippen LogP contribution in [-0.4, -0.2) is 34.8 Å². The summed E-state index contributed by atoms with van der Waals surface area (Å²) in [6.07, 6.45) is -4.41. The lowest BCUT2D eigenvalue weighted by Crippen LogP contribution is -2.33. The monoisotopic (exact) mass is 339 g/mol. The average molecular weight is 339 g/mol. The fourth-order valence-electron chi connectivity index (χ4n) is 1.82. The van der Waals surface area contributed by atoms with Crippen molar-refractivity contribution in [3.63, 3.8) is 0 Å². The van der Waals surface area contributed by atoms with Crippen LogP contribution in [-0.2, 0) is 0 Å². The van der Waals surface area contributed by atoms with E-state index < -0.39 is 36.2 Å². The molecule has 0 N–H and O–H groups in total. The maximum absolute atomic E-state index is 13.2. The third kappa shape index (κ3) is 4.01. The second-order valence-corrected chi connectivity index (χ2v) is 4.92. The minimum Gasteiger partial charge on any atom is -0.337 e. The van der Waals surface area contributed by atoms with Gasteiger partial charge in [-0.1, -0.05) is 5.16 Å². The number of aromatic nitrogens is 2. The predicted molar refractivity (Wildman–Crippen MR) is 66.7 cm³/mol. The third-order valence-electron chi connectivity index (χ3n) is 3.13. The molecule has 0 saturated carbocycles. The summed E-state index contributed by atoms with van der Waals surface area (Å²) in [6, 6.07) is 0.446. The lowest BCUT2D eigenvalue weighted by Gasteiger charge is -2.22. The smallest absolute Gasteiger partial charge is 0.337 e. The number of hydrogen-bond donors (Lipinski definition) is 0. The molecule has 0 aliphatic heterocycles. The molecule has 0 radical (unpaired) electrons. The van der Waals surface area contributed by atoms with Gasteiger partial charge in [-0.3, -0.25) is 4.90 Å². The molecular weight excluding hydrogens is 328 g/mol. The average Bonchev–Trinajstić information content (AvgIpc) is 2.91. The lowest BCUT2D eigenvalue weighted by molar-refractivity contribution is -0.147. The van der Waals surface area contributed by atoms with E-state index in [4.69, 9.17) is 4.52 Å². The van der Waals surface area contributed by atoms with Crippen molar-refractivity contribution in [2.75, 3.05) is 13.6 Å². The summed E-state index contributed by atoms with van der Waals surface area (Å²) in [4.78, 5) is 4.72. The number of alkyl halides is 3. The Morgan fingerprint density at radius 2 is 1.74 bits per heavy atom. The number of benzene rings is 1. The van der Waals surface area contributed by atoms with Crippen molar-refractivity contribution in [1.82, 2.24) is 15.0 Å². The molecule has 1 aromatic heterocycles. The Bertz CT molecular complexity index is 676. The summed E-state index contributed by atoms with van der Waals surface area (Å²) in [5, 5.41) is 3.45. The van der Waals surface area contributed by atoms with Crippen LogP contribution in [0.5, 0.6) is 0 Å². The molecule has 0 saturated heterocycles. The summed E-state index contributed by atoms with van der Waals surface area (Å²) in [6.45, 7) is 0.195. The maximum Gasteiger partial charge on any atom is 0.401 e.